The molecular formula is C15H22O3. The van der Waals surface area contributed by atoms with Gasteiger partial charge in [-0.05, 0) is 55.8 Å². The summed E-state index contributed by atoms with van der Waals surface area (Å²) in [7, 11) is 0. The first kappa shape index (κ1) is 12.2. The van der Waals surface area contributed by atoms with Gasteiger partial charge in [0, 0.05) is 11.8 Å². The van der Waals surface area contributed by atoms with E-state index in [2.05, 4.69) is 0 Å². The number of carboxylic acid groups (broad SMARTS) is 1. The van der Waals surface area contributed by atoms with Crippen molar-refractivity contribution in [3.8, 4) is 0 Å². The molecule has 1 N–H and O–H groups in total. The maximum Gasteiger partial charge on any atom is 0.304 e. The molecule has 0 saturated heterocycles. The molecule has 1 atom stereocenters. The van der Waals surface area contributed by atoms with Gasteiger partial charge in [0.1, 0.15) is 5.78 Å². The molecule has 0 aromatic carbocycles. The molecule has 4 saturated carbocycles. The standard InChI is InChI=1S/C15H22O3/c1-8(2-13(16)17)15(18)14-11-4-9-3-10(6-11)7-12(14)5-9/h8-12,14H,2-7H2,1H3,(H,16,17). The van der Waals surface area contributed by atoms with Crippen LogP contribution in [0, 0.1) is 35.5 Å². The predicted octanol–water partition coefficient (Wildman–Crippen LogP) is 2.74. The van der Waals surface area contributed by atoms with E-state index in [1.165, 1.54) is 32.1 Å². The van der Waals surface area contributed by atoms with Crippen LogP contribution in [-0.4, -0.2) is 16.9 Å². The lowest BCUT2D eigenvalue weighted by atomic mass is 9.50. The summed E-state index contributed by atoms with van der Waals surface area (Å²) < 4.78 is 0. The van der Waals surface area contributed by atoms with Crippen LogP contribution in [-0.2, 0) is 9.59 Å². The molecular weight excluding hydrogens is 228 g/mol. The highest BCUT2D eigenvalue weighted by Crippen LogP contribution is 2.57. The van der Waals surface area contributed by atoms with Crippen LogP contribution in [0.1, 0.15) is 45.4 Å². The van der Waals surface area contributed by atoms with Crippen LogP contribution in [0.25, 0.3) is 0 Å². The minimum absolute atomic E-state index is 0.00162. The Morgan fingerprint density at radius 1 is 1.06 bits per heavy atom. The average Bonchev–Trinajstić information content (AvgIpc) is 2.26. The van der Waals surface area contributed by atoms with Crippen molar-refractivity contribution in [3.05, 3.63) is 0 Å². The minimum Gasteiger partial charge on any atom is -0.481 e. The van der Waals surface area contributed by atoms with Crippen LogP contribution in [0.3, 0.4) is 0 Å². The lowest BCUT2D eigenvalue weighted by molar-refractivity contribution is -0.146. The van der Waals surface area contributed by atoms with E-state index < -0.39 is 5.97 Å². The van der Waals surface area contributed by atoms with Gasteiger partial charge in [-0.2, -0.15) is 0 Å². The zero-order valence-electron chi connectivity index (χ0n) is 11.0. The van der Waals surface area contributed by atoms with Gasteiger partial charge in [0.05, 0.1) is 6.42 Å². The average molecular weight is 250 g/mol. The summed E-state index contributed by atoms with van der Waals surface area (Å²) in [5, 5.41) is 8.83. The van der Waals surface area contributed by atoms with E-state index in [4.69, 9.17) is 5.11 Å². The Labute approximate surface area is 108 Å². The Morgan fingerprint density at radius 2 is 1.56 bits per heavy atom. The maximum absolute atomic E-state index is 12.5. The molecule has 0 spiro atoms. The summed E-state index contributed by atoms with van der Waals surface area (Å²) in [6.45, 7) is 1.79. The first-order chi connectivity index (χ1) is 8.54. The van der Waals surface area contributed by atoms with Crippen LogP contribution in [0.15, 0.2) is 0 Å². The number of hydrogen-bond acceptors (Lipinski definition) is 2. The Kier molecular flexibility index (Phi) is 2.95. The molecule has 4 aliphatic rings. The third-order valence-corrected chi connectivity index (χ3v) is 5.52. The van der Waals surface area contributed by atoms with E-state index >= 15 is 0 Å². The predicted molar refractivity (Wildman–Crippen MR) is 67.0 cm³/mol. The molecule has 4 rings (SSSR count). The highest BCUT2D eigenvalue weighted by Gasteiger charge is 2.51. The van der Waals surface area contributed by atoms with Crippen molar-refractivity contribution in [1.82, 2.24) is 0 Å². The lowest BCUT2D eigenvalue weighted by Gasteiger charge is -2.54. The Morgan fingerprint density at radius 3 is 2.00 bits per heavy atom. The third kappa shape index (κ3) is 1.98. The minimum atomic E-state index is -0.848. The zero-order valence-corrected chi connectivity index (χ0v) is 11.0. The van der Waals surface area contributed by atoms with E-state index in [0.29, 0.717) is 11.8 Å². The molecule has 100 valence electrons. The Hall–Kier alpha value is -0.860. The normalized spacial score (nSPS) is 42.8. The topological polar surface area (TPSA) is 54.4 Å². The summed E-state index contributed by atoms with van der Waals surface area (Å²) in [5.41, 5.74) is 0. The van der Waals surface area contributed by atoms with Crippen molar-refractivity contribution < 1.29 is 14.7 Å². The van der Waals surface area contributed by atoms with Crippen LogP contribution < -0.4 is 0 Å². The van der Waals surface area contributed by atoms with Gasteiger partial charge in [-0.25, -0.2) is 0 Å². The second kappa shape index (κ2) is 4.36. The molecule has 0 aromatic rings. The number of aliphatic carboxylic acids is 1. The largest absolute Gasteiger partial charge is 0.481 e. The molecule has 1 unspecified atom stereocenters. The van der Waals surface area contributed by atoms with E-state index in [9.17, 15) is 9.59 Å². The Balaban J connectivity index is 1.72. The van der Waals surface area contributed by atoms with E-state index in [1.807, 2.05) is 0 Å². The summed E-state index contributed by atoms with van der Waals surface area (Å²) in [6, 6.07) is 0. The Bertz CT molecular complexity index is 346. The van der Waals surface area contributed by atoms with Gasteiger partial charge >= 0.3 is 5.97 Å². The van der Waals surface area contributed by atoms with Gasteiger partial charge in [-0.1, -0.05) is 6.92 Å². The van der Waals surface area contributed by atoms with Crippen molar-refractivity contribution in [2.75, 3.05) is 0 Å². The van der Waals surface area contributed by atoms with Crippen molar-refractivity contribution in [2.24, 2.45) is 35.5 Å². The second-order valence-electron chi connectivity index (χ2n) is 6.86. The van der Waals surface area contributed by atoms with E-state index in [-0.39, 0.29) is 24.0 Å². The molecule has 3 heteroatoms. The van der Waals surface area contributed by atoms with Crippen LogP contribution in [0.5, 0.6) is 0 Å². The molecule has 0 aromatic heterocycles. The molecule has 0 aliphatic heterocycles. The van der Waals surface area contributed by atoms with E-state index in [1.54, 1.807) is 6.92 Å². The van der Waals surface area contributed by atoms with Gasteiger partial charge in [0.2, 0.25) is 0 Å². The number of carboxylic acids is 1. The number of ketones is 1. The quantitative estimate of drug-likeness (QED) is 0.834. The van der Waals surface area contributed by atoms with Crippen molar-refractivity contribution in [1.29, 1.82) is 0 Å². The van der Waals surface area contributed by atoms with Crippen LogP contribution in [0.4, 0.5) is 0 Å². The lowest BCUT2D eigenvalue weighted by Crippen LogP contribution is -2.49. The van der Waals surface area contributed by atoms with Crippen molar-refractivity contribution in [2.45, 2.75) is 45.4 Å². The summed E-state index contributed by atoms with van der Waals surface area (Å²) >= 11 is 0. The summed E-state index contributed by atoms with van der Waals surface area (Å²) in [4.78, 5) is 23.3. The third-order valence-electron chi connectivity index (χ3n) is 5.52. The van der Waals surface area contributed by atoms with Gasteiger partial charge in [-0.15, -0.1) is 0 Å². The smallest absolute Gasteiger partial charge is 0.304 e. The first-order valence-electron chi connectivity index (χ1n) is 7.30. The fourth-order valence-electron chi connectivity index (χ4n) is 5.08. The van der Waals surface area contributed by atoms with Gasteiger partial charge in [0.25, 0.3) is 0 Å². The molecule has 3 nitrogen and oxygen atoms in total. The number of Topliss-reactive ketones (excluding diaryl/α,β-unsaturated/α-hetero) is 1. The summed E-state index contributed by atoms with van der Waals surface area (Å²) in [5.74, 6) is 2.16. The molecule has 0 heterocycles. The fourth-order valence-corrected chi connectivity index (χ4v) is 5.08. The molecule has 0 amide bonds. The van der Waals surface area contributed by atoms with Gasteiger partial charge < -0.3 is 5.11 Å². The molecule has 4 bridgehead atoms. The number of rotatable bonds is 4. The number of hydrogen-bond donors (Lipinski definition) is 1. The SMILES string of the molecule is CC(CC(=O)O)C(=O)C1C2CC3CC(C2)CC1C3. The summed E-state index contributed by atoms with van der Waals surface area (Å²) in [6.07, 6.45) is 6.29. The second-order valence-corrected chi connectivity index (χ2v) is 6.86. The van der Waals surface area contributed by atoms with Crippen molar-refractivity contribution in [3.63, 3.8) is 0 Å². The highest BCUT2D eigenvalue weighted by atomic mass is 16.4. The fraction of sp³-hybridized carbons (Fsp3) is 0.867. The maximum atomic E-state index is 12.5. The molecule has 18 heavy (non-hydrogen) atoms. The van der Waals surface area contributed by atoms with Crippen LogP contribution in [0.2, 0.25) is 0 Å². The highest BCUT2D eigenvalue weighted by molar-refractivity contribution is 5.87. The van der Waals surface area contributed by atoms with Gasteiger partial charge in [0.15, 0.2) is 0 Å². The van der Waals surface area contributed by atoms with Gasteiger partial charge in [-0.3, -0.25) is 9.59 Å². The molecule has 0 radical (unpaired) electrons. The first-order valence-corrected chi connectivity index (χ1v) is 7.30. The van der Waals surface area contributed by atoms with Crippen LogP contribution >= 0.6 is 0 Å². The monoisotopic (exact) mass is 250 g/mol. The number of carbonyl (C=O) groups is 2. The van der Waals surface area contributed by atoms with E-state index in [0.717, 1.165) is 11.8 Å². The zero-order chi connectivity index (χ0) is 12.9. The molecule has 4 fully saturated rings. The number of carbonyl (C=O) groups excluding carboxylic acids is 1. The molecule has 4 aliphatic carbocycles. The van der Waals surface area contributed by atoms with Crippen molar-refractivity contribution >= 4 is 11.8 Å².